The van der Waals surface area contributed by atoms with Crippen LogP contribution in [0.15, 0.2) is 95.7 Å². The summed E-state index contributed by atoms with van der Waals surface area (Å²) in [4.78, 5) is 20.4. The van der Waals surface area contributed by atoms with Gasteiger partial charge in [0.25, 0.3) is 0 Å². The van der Waals surface area contributed by atoms with Crippen molar-refractivity contribution in [3.05, 3.63) is 95.7 Å². The van der Waals surface area contributed by atoms with Gasteiger partial charge in [-0.3, -0.25) is 9.69 Å². The maximum Gasteiger partial charge on any atom is 0.200 e. The van der Waals surface area contributed by atoms with Crippen molar-refractivity contribution < 1.29 is 14.3 Å². The predicted molar refractivity (Wildman–Crippen MR) is 142 cm³/mol. The zero-order valence-electron chi connectivity index (χ0n) is 21.0. The first-order valence-corrected chi connectivity index (χ1v) is 12.8. The molecule has 6 heteroatoms. The zero-order chi connectivity index (χ0) is 24.8. The molecular formula is C30H31N3O3. The Balaban J connectivity index is 1.32. The monoisotopic (exact) mass is 481 g/mol. The summed E-state index contributed by atoms with van der Waals surface area (Å²) in [5.41, 5.74) is 3.76. The van der Waals surface area contributed by atoms with E-state index in [1.807, 2.05) is 60.7 Å². The van der Waals surface area contributed by atoms with Gasteiger partial charge in [-0.25, -0.2) is 0 Å². The van der Waals surface area contributed by atoms with E-state index in [4.69, 9.17) is 9.47 Å². The number of para-hydroxylation sites is 4. The maximum atomic E-state index is 13.7. The smallest absolute Gasteiger partial charge is 0.200 e. The lowest BCUT2D eigenvalue weighted by Gasteiger charge is -2.34. The predicted octanol–water partition coefficient (Wildman–Crippen LogP) is 5.41. The number of rotatable bonds is 4. The van der Waals surface area contributed by atoms with Crippen molar-refractivity contribution >= 4 is 17.2 Å². The number of ether oxygens (including phenoxy) is 2. The van der Waals surface area contributed by atoms with E-state index in [0.29, 0.717) is 0 Å². The third kappa shape index (κ3) is 3.56. The fourth-order valence-corrected chi connectivity index (χ4v) is 5.86. The maximum absolute atomic E-state index is 13.7. The number of allylic oxidation sites excluding steroid dienone is 4. The number of benzene rings is 2. The van der Waals surface area contributed by atoms with E-state index in [9.17, 15) is 4.79 Å². The van der Waals surface area contributed by atoms with Gasteiger partial charge >= 0.3 is 0 Å². The Morgan fingerprint density at radius 1 is 0.750 bits per heavy atom. The minimum Gasteiger partial charge on any atom is -0.439 e. The molecular weight excluding hydrogens is 450 g/mol. The molecule has 2 fully saturated rings. The topological polar surface area (TPSA) is 45.2 Å². The third-order valence-corrected chi connectivity index (χ3v) is 7.66. The number of Topliss-reactive ketones (excluding diaryl/α,β-unsaturated/α-hetero) is 1. The summed E-state index contributed by atoms with van der Waals surface area (Å²) >= 11 is 0. The molecule has 0 radical (unpaired) electrons. The molecule has 4 aliphatic rings. The van der Waals surface area contributed by atoms with E-state index in [2.05, 4.69) is 47.7 Å². The molecule has 36 heavy (non-hydrogen) atoms. The first-order chi connectivity index (χ1) is 17.6. The van der Waals surface area contributed by atoms with Gasteiger partial charge < -0.3 is 19.3 Å². The molecule has 0 N–H and O–H groups in total. The molecule has 2 bridgehead atoms. The molecule has 2 atom stereocenters. The van der Waals surface area contributed by atoms with Gasteiger partial charge in [0, 0.05) is 36.3 Å². The minimum atomic E-state index is 0.117. The van der Waals surface area contributed by atoms with E-state index >= 15 is 0 Å². The van der Waals surface area contributed by atoms with Crippen molar-refractivity contribution in [2.75, 3.05) is 29.9 Å². The summed E-state index contributed by atoms with van der Waals surface area (Å²) < 4.78 is 12.2. The van der Waals surface area contributed by atoms with Gasteiger partial charge in [0.2, 0.25) is 11.8 Å². The van der Waals surface area contributed by atoms with Crippen LogP contribution in [-0.2, 0) is 4.79 Å². The Morgan fingerprint density at radius 3 is 1.64 bits per heavy atom. The van der Waals surface area contributed by atoms with Crippen LogP contribution in [0.25, 0.3) is 0 Å². The molecule has 2 unspecified atom stereocenters. The first-order valence-electron chi connectivity index (χ1n) is 12.8. The third-order valence-electron chi connectivity index (χ3n) is 7.66. The number of likely N-dealkylation sites (N-methyl/N-ethyl adjacent to an activating group) is 1. The molecule has 0 amide bonds. The number of anilines is 2. The standard InChI is InChI=1S/C30H31N3O3/c1-4-32-24-10-6-8-12-26(24)35-28(32)18-14-20-22-16-17-23(31(22)3)21(30(20)34)15-19-29-33(5-2)25-11-7-9-13-27(25)36-29/h6-15,18-19,22-23H,4-5,16-17H2,1-3H3. The van der Waals surface area contributed by atoms with Gasteiger partial charge in [-0.05, 0) is 82.3 Å². The largest absolute Gasteiger partial charge is 0.439 e. The van der Waals surface area contributed by atoms with E-state index in [0.717, 1.165) is 71.7 Å². The average molecular weight is 482 g/mol. The fraction of sp³-hybridized carbons (Fsp3) is 0.300. The SMILES string of the molecule is CCN1C(=CC=C2C(=O)C(=CC=C3Oc4ccccc4N3CC)C3CCC2N3C)Oc2ccccc21. The summed E-state index contributed by atoms with van der Waals surface area (Å²) in [6.45, 7) is 5.79. The molecule has 2 aromatic carbocycles. The van der Waals surface area contributed by atoms with Crippen molar-refractivity contribution in [2.24, 2.45) is 0 Å². The van der Waals surface area contributed by atoms with Gasteiger partial charge in [0.15, 0.2) is 17.3 Å². The lowest BCUT2D eigenvalue weighted by Crippen LogP contribution is -2.44. The van der Waals surface area contributed by atoms with Gasteiger partial charge in [0.05, 0.1) is 11.4 Å². The van der Waals surface area contributed by atoms with Gasteiger partial charge in [-0.15, -0.1) is 0 Å². The van der Waals surface area contributed by atoms with Gasteiger partial charge in [-0.1, -0.05) is 24.3 Å². The van der Waals surface area contributed by atoms with Crippen molar-refractivity contribution in [3.8, 4) is 11.5 Å². The Hall–Kier alpha value is -3.77. The minimum absolute atomic E-state index is 0.117. The zero-order valence-corrected chi connectivity index (χ0v) is 21.0. The molecule has 0 aliphatic carbocycles. The molecule has 2 saturated heterocycles. The fourth-order valence-electron chi connectivity index (χ4n) is 5.86. The van der Waals surface area contributed by atoms with Crippen LogP contribution in [0.4, 0.5) is 11.4 Å². The van der Waals surface area contributed by atoms with Crippen molar-refractivity contribution in [3.63, 3.8) is 0 Å². The Labute approximate surface area is 212 Å². The highest BCUT2D eigenvalue weighted by Crippen LogP contribution is 2.42. The summed E-state index contributed by atoms with van der Waals surface area (Å²) in [7, 11) is 2.12. The Bertz CT molecular complexity index is 1240. The number of fused-ring (bicyclic) bond motifs is 4. The van der Waals surface area contributed by atoms with Crippen molar-refractivity contribution in [1.29, 1.82) is 0 Å². The number of hydrogen-bond acceptors (Lipinski definition) is 6. The molecule has 6 nitrogen and oxygen atoms in total. The van der Waals surface area contributed by atoms with Crippen LogP contribution >= 0.6 is 0 Å². The number of piperidine rings is 1. The lowest BCUT2D eigenvalue weighted by molar-refractivity contribution is -0.114. The highest BCUT2D eigenvalue weighted by molar-refractivity contribution is 6.11. The first kappa shape index (κ1) is 22.7. The van der Waals surface area contributed by atoms with Crippen LogP contribution in [0.1, 0.15) is 26.7 Å². The van der Waals surface area contributed by atoms with Crippen LogP contribution in [0, 0.1) is 0 Å². The van der Waals surface area contributed by atoms with Crippen LogP contribution in [0.5, 0.6) is 11.5 Å². The number of carbonyl (C=O) groups is 1. The quantitative estimate of drug-likeness (QED) is 0.545. The van der Waals surface area contributed by atoms with Gasteiger partial charge in [0.1, 0.15) is 0 Å². The molecule has 2 aromatic rings. The molecule has 0 spiro atoms. The second-order valence-electron chi connectivity index (χ2n) is 9.49. The Kier molecular flexibility index (Phi) is 5.69. The molecule has 4 heterocycles. The second-order valence-corrected chi connectivity index (χ2v) is 9.49. The molecule has 0 aromatic heterocycles. The van der Waals surface area contributed by atoms with E-state index in [1.54, 1.807) is 0 Å². The summed E-state index contributed by atoms with van der Waals surface area (Å²) in [6.07, 6.45) is 9.78. The summed E-state index contributed by atoms with van der Waals surface area (Å²) in [6, 6.07) is 16.3. The van der Waals surface area contributed by atoms with Crippen LogP contribution in [0.3, 0.4) is 0 Å². The van der Waals surface area contributed by atoms with E-state index in [-0.39, 0.29) is 17.9 Å². The van der Waals surface area contributed by atoms with E-state index < -0.39 is 0 Å². The molecule has 6 rings (SSSR count). The highest BCUT2D eigenvalue weighted by Gasteiger charge is 2.44. The van der Waals surface area contributed by atoms with Crippen molar-refractivity contribution in [2.45, 2.75) is 38.8 Å². The number of ketones is 1. The highest BCUT2D eigenvalue weighted by atomic mass is 16.5. The van der Waals surface area contributed by atoms with Crippen LogP contribution in [-0.4, -0.2) is 42.9 Å². The van der Waals surface area contributed by atoms with E-state index in [1.165, 1.54) is 0 Å². The van der Waals surface area contributed by atoms with Crippen molar-refractivity contribution in [1.82, 2.24) is 4.90 Å². The van der Waals surface area contributed by atoms with Crippen LogP contribution in [0.2, 0.25) is 0 Å². The number of nitrogens with zero attached hydrogens (tertiary/aromatic N) is 3. The van der Waals surface area contributed by atoms with Crippen LogP contribution < -0.4 is 19.3 Å². The second kappa shape index (κ2) is 9.03. The number of hydrogen-bond donors (Lipinski definition) is 0. The average Bonchev–Trinajstić information content (AvgIpc) is 3.54. The normalized spacial score (nSPS) is 27.2. The molecule has 4 aliphatic heterocycles. The molecule has 0 saturated carbocycles. The number of carbonyl (C=O) groups excluding carboxylic acids is 1. The lowest BCUT2D eigenvalue weighted by atomic mass is 9.90. The Morgan fingerprint density at radius 2 is 1.19 bits per heavy atom. The summed E-state index contributed by atoms with van der Waals surface area (Å²) in [5.74, 6) is 3.33. The molecule has 184 valence electrons. The summed E-state index contributed by atoms with van der Waals surface area (Å²) in [5, 5.41) is 0. The van der Waals surface area contributed by atoms with Gasteiger partial charge in [-0.2, -0.15) is 0 Å².